The topological polar surface area (TPSA) is 87.0 Å². The summed E-state index contributed by atoms with van der Waals surface area (Å²) in [6, 6.07) is 12.6. The van der Waals surface area contributed by atoms with E-state index >= 15 is 0 Å². The van der Waals surface area contributed by atoms with Crippen molar-refractivity contribution in [2.24, 2.45) is 7.05 Å². The van der Waals surface area contributed by atoms with Gasteiger partial charge < -0.3 is 23.9 Å². The molecule has 1 N–H and O–H groups in total. The van der Waals surface area contributed by atoms with Gasteiger partial charge in [0.15, 0.2) is 17.6 Å². The van der Waals surface area contributed by atoms with E-state index in [2.05, 4.69) is 0 Å². The van der Waals surface area contributed by atoms with Gasteiger partial charge in [0, 0.05) is 18.0 Å². The molecule has 1 aliphatic rings. The Morgan fingerprint density at radius 1 is 1.10 bits per heavy atom. The highest BCUT2D eigenvalue weighted by atomic mass is 16.7. The second-order valence-electron chi connectivity index (χ2n) is 8.19. The molecule has 2 heterocycles. The zero-order valence-corrected chi connectivity index (χ0v) is 17.3. The minimum Gasteiger partial charge on any atom is -0.479 e. The molecule has 7 nitrogen and oxygen atoms in total. The standard InChI is InChI=1S/C23H23NO6/c1-23(2,3)30-20(22(26)27)19-18(13-9-10-16-17(11-13)29-12-28-16)14-7-5-6-8-15(14)21(25)24(19)4/h5-11,20H,12H2,1-4H3,(H,26,27). The second kappa shape index (κ2) is 7.18. The van der Waals surface area contributed by atoms with Crippen LogP contribution in [0.3, 0.4) is 0 Å². The highest BCUT2D eigenvalue weighted by molar-refractivity contribution is 5.99. The molecule has 0 bridgehead atoms. The van der Waals surface area contributed by atoms with E-state index in [0.717, 1.165) is 0 Å². The molecule has 4 rings (SSSR count). The maximum Gasteiger partial charge on any atom is 0.339 e. The highest BCUT2D eigenvalue weighted by Gasteiger charge is 2.33. The lowest BCUT2D eigenvalue weighted by molar-refractivity contribution is -0.161. The zero-order valence-electron chi connectivity index (χ0n) is 17.3. The van der Waals surface area contributed by atoms with Crippen molar-refractivity contribution in [1.82, 2.24) is 4.57 Å². The quantitative estimate of drug-likeness (QED) is 0.704. The molecule has 156 valence electrons. The molecular formula is C23H23NO6. The van der Waals surface area contributed by atoms with Crippen molar-refractivity contribution < 1.29 is 24.1 Å². The van der Waals surface area contributed by atoms with Crippen molar-refractivity contribution in [2.75, 3.05) is 6.79 Å². The number of carboxylic acids is 1. The summed E-state index contributed by atoms with van der Waals surface area (Å²) in [6.07, 6.45) is -1.34. The number of rotatable bonds is 4. The Kier molecular flexibility index (Phi) is 4.78. The molecule has 0 amide bonds. The van der Waals surface area contributed by atoms with Gasteiger partial charge in [0.1, 0.15) is 0 Å². The molecular weight excluding hydrogens is 386 g/mol. The monoisotopic (exact) mass is 409 g/mol. The summed E-state index contributed by atoms with van der Waals surface area (Å²) < 4.78 is 18.2. The third-order valence-corrected chi connectivity index (χ3v) is 4.95. The van der Waals surface area contributed by atoms with Crippen LogP contribution in [0.4, 0.5) is 0 Å². The number of benzene rings is 2. The Labute approximate surface area is 173 Å². The Morgan fingerprint density at radius 2 is 1.77 bits per heavy atom. The summed E-state index contributed by atoms with van der Waals surface area (Å²) in [5.74, 6) is 0.0207. The van der Waals surface area contributed by atoms with Crippen LogP contribution in [-0.4, -0.2) is 28.0 Å². The Balaban J connectivity index is 2.09. The summed E-state index contributed by atoms with van der Waals surface area (Å²) in [4.78, 5) is 25.3. The molecule has 1 aromatic heterocycles. The lowest BCUT2D eigenvalue weighted by Gasteiger charge is -2.28. The molecule has 7 heteroatoms. The molecule has 3 aromatic rings. The molecule has 0 fully saturated rings. The molecule has 2 aromatic carbocycles. The molecule has 0 radical (unpaired) electrons. The van der Waals surface area contributed by atoms with E-state index in [0.29, 0.717) is 33.4 Å². The van der Waals surface area contributed by atoms with Gasteiger partial charge in [0.25, 0.3) is 5.56 Å². The first-order valence-corrected chi connectivity index (χ1v) is 9.59. The number of pyridine rings is 1. The summed E-state index contributed by atoms with van der Waals surface area (Å²) in [6.45, 7) is 5.47. The van der Waals surface area contributed by atoms with Crippen LogP contribution in [0.1, 0.15) is 32.6 Å². The SMILES string of the molecule is Cn1c(C(OC(C)(C)C)C(=O)O)c(-c2ccc3c(c2)OCO3)c2ccccc2c1=O. The van der Waals surface area contributed by atoms with Crippen LogP contribution < -0.4 is 15.0 Å². The molecule has 1 unspecified atom stereocenters. The molecule has 1 atom stereocenters. The molecule has 30 heavy (non-hydrogen) atoms. The van der Waals surface area contributed by atoms with E-state index < -0.39 is 17.7 Å². The van der Waals surface area contributed by atoms with Gasteiger partial charge >= 0.3 is 5.97 Å². The van der Waals surface area contributed by atoms with Crippen molar-refractivity contribution in [3.05, 3.63) is 58.5 Å². The smallest absolute Gasteiger partial charge is 0.339 e. The largest absolute Gasteiger partial charge is 0.479 e. The van der Waals surface area contributed by atoms with Crippen LogP contribution in [0.2, 0.25) is 0 Å². The lowest BCUT2D eigenvalue weighted by Crippen LogP contribution is -2.32. The van der Waals surface area contributed by atoms with Gasteiger partial charge in [0.2, 0.25) is 6.79 Å². The Morgan fingerprint density at radius 3 is 2.43 bits per heavy atom. The van der Waals surface area contributed by atoms with E-state index in [4.69, 9.17) is 14.2 Å². The third-order valence-electron chi connectivity index (χ3n) is 4.95. The van der Waals surface area contributed by atoms with E-state index in [9.17, 15) is 14.7 Å². The Bertz CT molecular complexity index is 1200. The summed E-state index contributed by atoms with van der Waals surface area (Å²) in [5.41, 5.74) is 0.581. The maximum absolute atomic E-state index is 13.1. The first kappa shape index (κ1) is 20.0. The number of nitrogens with zero attached hydrogens (tertiary/aromatic N) is 1. The van der Waals surface area contributed by atoms with Crippen LogP contribution in [-0.2, 0) is 16.6 Å². The van der Waals surface area contributed by atoms with Crippen LogP contribution in [0.25, 0.3) is 21.9 Å². The second-order valence-corrected chi connectivity index (χ2v) is 8.19. The Hall–Kier alpha value is -3.32. The number of hydrogen-bond acceptors (Lipinski definition) is 5. The predicted octanol–water partition coefficient (Wildman–Crippen LogP) is 3.88. The van der Waals surface area contributed by atoms with Crippen molar-refractivity contribution >= 4 is 16.7 Å². The lowest BCUT2D eigenvalue weighted by atomic mass is 9.94. The fourth-order valence-electron chi connectivity index (χ4n) is 3.72. The highest BCUT2D eigenvalue weighted by Crippen LogP contribution is 2.41. The van der Waals surface area contributed by atoms with Crippen molar-refractivity contribution in [2.45, 2.75) is 32.5 Å². The molecule has 0 saturated carbocycles. The van der Waals surface area contributed by atoms with Crippen molar-refractivity contribution in [3.8, 4) is 22.6 Å². The normalized spacial score (nSPS) is 14.1. The zero-order chi connectivity index (χ0) is 21.6. The minimum atomic E-state index is -1.34. The fourth-order valence-corrected chi connectivity index (χ4v) is 3.72. The number of hydrogen-bond donors (Lipinski definition) is 1. The number of aromatic nitrogens is 1. The van der Waals surface area contributed by atoms with Crippen molar-refractivity contribution in [3.63, 3.8) is 0 Å². The number of carboxylic acid groups (broad SMARTS) is 1. The predicted molar refractivity (Wildman–Crippen MR) is 112 cm³/mol. The van der Waals surface area contributed by atoms with Crippen LogP contribution >= 0.6 is 0 Å². The fraction of sp³-hybridized carbons (Fsp3) is 0.304. The number of carbonyl (C=O) groups is 1. The van der Waals surface area contributed by atoms with Crippen LogP contribution in [0.5, 0.6) is 11.5 Å². The maximum atomic E-state index is 13.1. The molecule has 0 aliphatic carbocycles. The third kappa shape index (κ3) is 3.41. The summed E-state index contributed by atoms with van der Waals surface area (Å²) >= 11 is 0. The number of fused-ring (bicyclic) bond motifs is 2. The van der Waals surface area contributed by atoms with Crippen LogP contribution in [0.15, 0.2) is 47.3 Å². The average Bonchev–Trinajstić information content (AvgIpc) is 3.16. The van der Waals surface area contributed by atoms with Gasteiger partial charge in [0.05, 0.1) is 11.3 Å². The van der Waals surface area contributed by atoms with E-state index in [1.165, 1.54) is 4.57 Å². The van der Waals surface area contributed by atoms with E-state index in [1.807, 2.05) is 18.2 Å². The molecule has 1 aliphatic heterocycles. The molecule has 0 spiro atoms. The van der Waals surface area contributed by atoms with Crippen LogP contribution in [0, 0.1) is 0 Å². The number of aliphatic carboxylic acids is 1. The van der Waals surface area contributed by atoms with Gasteiger partial charge in [-0.15, -0.1) is 0 Å². The summed E-state index contributed by atoms with van der Waals surface area (Å²) in [5, 5.41) is 11.2. The van der Waals surface area contributed by atoms with Gasteiger partial charge in [-0.05, 0) is 49.9 Å². The van der Waals surface area contributed by atoms with Gasteiger partial charge in [-0.3, -0.25) is 4.79 Å². The van der Waals surface area contributed by atoms with E-state index in [-0.39, 0.29) is 18.0 Å². The minimum absolute atomic E-state index is 0.130. The number of ether oxygens (including phenoxy) is 3. The first-order chi connectivity index (χ1) is 14.2. The van der Waals surface area contributed by atoms with Gasteiger partial charge in [-0.1, -0.05) is 24.3 Å². The first-order valence-electron chi connectivity index (χ1n) is 9.59. The average molecular weight is 409 g/mol. The van der Waals surface area contributed by atoms with Gasteiger partial charge in [-0.2, -0.15) is 0 Å². The van der Waals surface area contributed by atoms with E-state index in [1.54, 1.807) is 52.1 Å². The molecule has 0 saturated heterocycles. The van der Waals surface area contributed by atoms with Crippen molar-refractivity contribution in [1.29, 1.82) is 0 Å². The van der Waals surface area contributed by atoms with Gasteiger partial charge in [-0.25, -0.2) is 4.79 Å². The summed E-state index contributed by atoms with van der Waals surface area (Å²) in [7, 11) is 1.57.